The second kappa shape index (κ2) is 9.80. The topological polar surface area (TPSA) is 126 Å². The van der Waals surface area contributed by atoms with Gasteiger partial charge in [0.1, 0.15) is 5.76 Å². The molecule has 1 unspecified atom stereocenters. The van der Waals surface area contributed by atoms with Gasteiger partial charge >= 0.3 is 0 Å². The van der Waals surface area contributed by atoms with Crippen LogP contribution in [0, 0.1) is 10.1 Å². The summed E-state index contributed by atoms with van der Waals surface area (Å²) in [6.07, 6.45) is 4.16. The van der Waals surface area contributed by atoms with Crippen LogP contribution in [0.25, 0.3) is 6.08 Å². The second-order valence-electron chi connectivity index (χ2n) is 7.68. The number of furan rings is 1. The SMILES string of the molecule is O=C(/C=C/c1ccco1)C1=C(O)C(=O)N(CCN2CCOCC2)C1c1ccc([N+](=O)[O-])cc1. The molecule has 0 aliphatic carbocycles. The standard InChI is InChI=1S/C23H23N3O7/c27-19(8-7-18-2-1-13-33-18)20-21(16-3-5-17(6-4-16)26(30)31)25(23(29)22(20)28)10-9-24-11-14-32-15-12-24/h1-8,13,21,28H,9-12,14-15H2/b8-7+. The summed E-state index contributed by atoms with van der Waals surface area (Å²) in [6, 6.07) is 8.10. The van der Waals surface area contributed by atoms with Gasteiger partial charge in [0.2, 0.25) is 0 Å². The van der Waals surface area contributed by atoms with Crippen molar-refractivity contribution in [2.75, 3.05) is 39.4 Å². The van der Waals surface area contributed by atoms with Gasteiger partial charge in [-0.1, -0.05) is 0 Å². The summed E-state index contributed by atoms with van der Waals surface area (Å²) < 4.78 is 10.5. The van der Waals surface area contributed by atoms with Crippen molar-refractivity contribution in [3.8, 4) is 0 Å². The lowest BCUT2D eigenvalue weighted by Crippen LogP contribution is -2.43. The molecule has 0 radical (unpaired) electrons. The third-order valence-corrected chi connectivity index (χ3v) is 5.69. The molecule has 2 aliphatic rings. The zero-order valence-corrected chi connectivity index (χ0v) is 17.8. The van der Waals surface area contributed by atoms with Crippen LogP contribution in [-0.2, 0) is 14.3 Å². The van der Waals surface area contributed by atoms with Crippen LogP contribution in [-0.4, -0.2) is 70.9 Å². The Hall–Kier alpha value is -3.76. The Kier molecular flexibility index (Phi) is 6.66. The van der Waals surface area contributed by atoms with E-state index in [1.165, 1.54) is 47.6 Å². The van der Waals surface area contributed by atoms with Gasteiger partial charge in [-0.3, -0.25) is 24.6 Å². The average molecular weight is 453 g/mol. The minimum absolute atomic E-state index is 0.0707. The molecule has 0 bridgehead atoms. The molecule has 0 saturated carbocycles. The van der Waals surface area contributed by atoms with Gasteiger partial charge in [0.15, 0.2) is 11.5 Å². The molecule has 1 atom stereocenters. The molecule has 2 aliphatic heterocycles. The molecular weight excluding hydrogens is 430 g/mol. The van der Waals surface area contributed by atoms with Gasteiger partial charge in [-0.2, -0.15) is 0 Å². The van der Waals surface area contributed by atoms with Gasteiger partial charge in [0, 0.05) is 38.3 Å². The van der Waals surface area contributed by atoms with Gasteiger partial charge in [-0.05, 0) is 42.0 Å². The van der Waals surface area contributed by atoms with E-state index >= 15 is 0 Å². The molecule has 1 N–H and O–H groups in total. The van der Waals surface area contributed by atoms with E-state index in [1.807, 2.05) is 0 Å². The number of allylic oxidation sites excluding steroid dienone is 1. The lowest BCUT2D eigenvalue weighted by molar-refractivity contribution is -0.384. The number of amides is 1. The minimum atomic E-state index is -0.868. The highest BCUT2D eigenvalue weighted by Crippen LogP contribution is 2.38. The highest BCUT2D eigenvalue weighted by molar-refractivity contribution is 6.14. The van der Waals surface area contributed by atoms with Crippen LogP contribution in [0.2, 0.25) is 0 Å². The molecule has 3 heterocycles. The fourth-order valence-corrected chi connectivity index (χ4v) is 3.97. The highest BCUT2D eigenvalue weighted by atomic mass is 16.6. The molecule has 10 nitrogen and oxygen atoms in total. The molecule has 1 fully saturated rings. The van der Waals surface area contributed by atoms with Gasteiger partial charge in [0.25, 0.3) is 11.6 Å². The Bertz CT molecular complexity index is 1080. The fraction of sp³-hybridized carbons (Fsp3) is 0.304. The van der Waals surface area contributed by atoms with Crippen molar-refractivity contribution >= 4 is 23.5 Å². The number of ketones is 1. The van der Waals surface area contributed by atoms with Crippen LogP contribution < -0.4 is 0 Å². The Morgan fingerprint density at radius 1 is 1.18 bits per heavy atom. The summed E-state index contributed by atoms with van der Waals surface area (Å²) in [7, 11) is 0. The first-order valence-corrected chi connectivity index (χ1v) is 10.5. The number of hydrogen-bond acceptors (Lipinski definition) is 8. The number of ether oxygens (including phenoxy) is 1. The number of hydrogen-bond donors (Lipinski definition) is 1. The first-order valence-electron chi connectivity index (χ1n) is 10.5. The van der Waals surface area contributed by atoms with Crippen LogP contribution in [0.15, 0.2) is 64.5 Å². The molecule has 1 amide bonds. The Morgan fingerprint density at radius 3 is 2.55 bits per heavy atom. The van der Waals surface area contributed by atoms with Crippen LogP contribution in [0.3, 0.4) is 0 Å². The maximum absolute atomic E-state index is 13.0. The molecule has 172 valence electrons. The number of nitro groups is 1. The normalized spacial score (nSPS) is 19.6. The van der Waals surface area contributed by atoms with E-state index in [0.717, 1.165) is 13.1 Å². The molecular formula is C23H23N3O7. The number of aliphatic hydroxyl groups is 1. The van der Waals surface area contributed by atoms with Crippen molar-refractivity contribution in [1.82, 2.24) is 9.80 Å². The molecule has 4 rings (SSSR count). The number of carbonyl (C=O) groups is 2. The number of benzene rings is 1. The van der Waals surface area contributed by atoms with E-state index in [2.05, 4.69) is 4.90 Å². The zero-order valence-electron chi connectivity index (χ0n) is 17.8. The van der Waals surface area contributed by atoms with Crippen LogP contribution in [0.1, 0.15) is 17.4 Å². The van der Waals surface area contributed by atoms with E-state index < -0.39 is 28.4 Å². The number of carbonyl (C=O) groups excluding carboxylic acids is 2. The summed E-state index contributed by atoms with van der Waals surface area (Å²) in [5, 5.41) is 21.7. The average Bonchev–Trinajstić information content (AvgIpc) is 3.44. The predicted molar refractivity (Wildman–Crippen MR) is 117 cm³/mol. The lowest BCUT2D eigenvalue weighted by Gasteiger charge is -2.31. The fourth-order valence-electron chi connectivity index (χ4n) is 3.97. The molecule has 1 aromatic heterocycles. The van der Waals surface area contributed by atoms with Crippen LogP contribution >= 0.6 is 0 Å². The summed E-state index contributed by atoms with van der Waals surface area (Å²) in [5.41, 5.74) is 0.315. The first-order chi connectivity index (χ1) is 16.0. The smallest absolute Gasteiger partial charge is 0.290 e. The maximum Gasteiger partial charge on any atom is 0.290 e. The molecule has 1 aromatic carbocycles. The summed E-state index contributed by atoms with van der Waals surface area (Å²) in [6.45, 7) is 3.45. The van der Waals surface area contributed by atoms with Gasteiger partial charge in [-0.25, -0.2) is 0 Å². The van der Waals surface area contributed by atoms with Crippen molar-refractivity contribution < 1.29 is 28.8 Å². The molecule has 0 spiro atoms. The first kappa shape index (κ1) is 22.4. The molecule has 10 heteroatoms. The Morgan fingerprint density at radius 2 is 1.91 bits per heavy atom. The lowest BCUT2D eigenvalue weighted by atomic mass is 9.95. The van der Waals surface area contributed by atoms with Gasteiger partial charge < -0.3 is 19.2 Å². The number of nitrogens with zero attached hydrogens (tertiary/aromatic N) is 3. The van der Waals surface area contributed by atoms with Crippen molar-refractivity contribution in [2.45, 2.75) is 6.04 Å². The monoisotopic (exact) mass is 453 g/mol. The molecule has 33 heavy (non-hydrogen) atoms. The molecule has 1 saturated heterocycles. The zero-order chi connectivity index (χ0) is 23.4. The number of rotatable bonds is 8. The van der Waals surface area contributed by atoms with E-state index in [-0.39, 0.29) is 17.8 Å². The van der Waals surface area contributed by atoms with E-state index in [4.69, 9.17) is 9.15 Å². The quantitative estimate of drug-likeness (QED) is 0.367. The number of morpholine rings is 1. The Balaban J connectivity index is 1.63. The third-order valence-electron chi connectivity index (χ3n) is 5.69. The van der Waals surface area contributed by atoms with Crippen molar-refractivity contribution in [3.05, 3.63) is 81.5 Å². The van der Waals surface area contributed by atoms with Crippen molar-refractivity contribution in [3.63, 3.8) is 0 Å². The Labute approximate surface area is 189 Å². The van der Waals surface area contributed by atoms with E-state index in [1.54, 1.807) is 12.1 Å². The van der Waals surface area contributed by atoms with Crippen molar-refractivity contribution in [2.24, 2.45) is 0 Å². The molecule has 2 aromatic rings. The maximum atomic E-state index is 13.0. The van der Waals surface area contributed by atoms with Crippen LogP contribution in [0.5, 0.6) is 0 Å². The predicted octanol–water partition coefficient (Wildman–Crippen LogP) is 2.50. The highest BCUT2D eigenvalue weighted by Gasteiger charge is 2.43. The van der Waals surface area contributed by atoms with Gasteiger partial charge in [0.05, 0.1) is 36.0 Å². The third kappa shape index (κ3) is 4.86. The number of nitro benzene ring substituents is 1. The largest absolute Gasteiger partial charge is 0.503 e. The van der Waals surface area contributed by atoms with Gasteiger partial charge in [-0.15, -0.1) is 0 Å². The summed E-state index contributed by atoms with van der Waals surface area (Å²) >= 11 is 0. The van der Waals surface area contributed by atoms with Crippen LogP contribution in [0.4, 0.5) is 5.69 Å². The number of non-ortho nitro benzene ring substituents is 1. The minimum Gasteiger partial charge on any atom is -0.503 e. The summed E-state index contributed by atoms with van der Waals surface area (Å²) in [4.78, 5) is 40.1. The second-order valence-corrected chi connectivity index (χ2v) is 7.68. The number of aliphatic hydroxyl groups excluding tert-OH is 1. The van der Waals surface area contributed by atoms with E-state index in [0.29, 0.717) is 31.1 Å². The van der Waals surface area contributed by atoms with E-state index in [9.17, 15) is 24.8 Å². The summed E-state index contributed by atoms with van der Waals surface area (Å²) in [5.74, 6) is -1.37. The van der Waals surface area contributed by atoms with Crippen molar-refractivity contribution in [1.29, 1.82) is 0 Å².